The highest BCUT2D eigenvalue weighted by atomic mass is 16.5. The highest BCUT2D eigenvalue weighted by Gasteiger charge is 2.08. The Kier molecular flexibility index (Phi) is 6.26. The van der Waals surface area contributed by atoms with Gasteiger partial charge in [0.25, 0.3) is 5.91 Å². The molecule has 0 fully saturated rings. The molecule has 0 radical (unpaired) electrons. The van der Waals surface area contributed by atoms with Crippen LogP contribution in [0.2, 0.25) is 0 Å². The lowest BCUT2D eigenvalue weighted by Crippen LogP contribution is -2.37. The number of amides is 2. The number of rotatable bonds is 8. The molecule has 0 atom stereocenters. The zero-order valence-electron chi connectivity index (χ0n) is 16.1. The molecule has 0 unspecified atom stereocenters. The van der Waals surface area contributed by atoms with Crippen LogP contribution in [0.3, 0.4) is 0 Å². The number of fused-ring (bicyclic) bond motifs is 1. The van der Waals surface area contributed by atoms with E-state index >= 15 is 0 Å². The molecular formula is C21H24N4O3. The molecule has 0 saturated carbocycles. The SMILES string of the molecule is CCCNC(=O)CNC(=O)c1ccc(OCc2cn3cc(C)ccc3n2)cc1. The monoisotopic (exact) mass is 380 g/mol. The molecule has 2 N–H and O–H groups in total. The molecule has 2 heterocycles. The van der Waals surface area contributed by atoms with Gasteiger partial charge in [0.2, 0.25) is 5.91 Å². The predicted molar refractivity (Wildman–Crippen MR) is 106 cm³/mol. The smallest absolute Gasteiger partial charge is 0.251 e. The van der Waals surface area contributed by atoms with E-state index in [1.54, 1.807) is 24.3 Å². The number of hydrogen-bond donors (Lipinski definition) is 2. The second-order valence-electron chi connectivity index (χ2n) is 6.55. The van der Waals surface area contributed by atoms with Crippen LogP contribution in [0.25, 0.3) is 5.65 Å². The number of hydrogen-bond acceptors (Lipinski definition) is 4. The number of carbonyl (C=O) groups is 2. The van der Waals surface area contributed by atoms with Gasteiger partial charge in [-0.3, -0.25) is 9.59 Å². The zero-order chi connectivity index (χ0) is 19.9. The molecule has 0 aliphatic heterocycles. The summed E-state index contributed by atoms with van der Waals surface area (Å²) < 4.78 is 7.73. The highest BCUT2D eigenvalue weighted by Crippen LogP contribution is 2.15. The number of nitrogens with zero attached hydrogens (tertiary/aromatic N) is 2. The van der Waals surface area contributed by atoms with Crippen molar-refractivity contribution >= 4 is 17.5 Å². The Hall–Kier alpha value is -3.35. The van der Waals surface area contributed by atoms with Crippen molar-refractivity contribution in [2.45, 2.75) is 26.9 Å². The third-order valence-electron chi connectivity index (χ3n) is 4.13. The van der Waals surface area contributed by atoms with E-state index in [0.29, 0.717) is 24.5 Å². The van der Waals surface area contributed by atoms with Crippen LogP contribution in [-0.2, 0) is 11.4 Å². The maximum absolute atomic E-state index is 12.1. The summed E-state index contributed by atoms with van der Waals surface area (Å²) in [7, 11) is 0. The molecule has 146 valence electrons. The minimum atomic E-state index is -0.297. The van der Waals surface area contributed by atoms with Crippen molar-refractivity contribution in [1.29, 1.82) is 0 Å². The fourth-order valence-electron chi connectivity index (χ4n) is 2.67. The third-order valence-corrected chi connectivity index (χ3v) is 4.13. The van der Waals surface area contributed by atoms with E-state index in [1.807, 2.05) is 42.8 Å². The van der Waals surface area contributed by atoms with Crippen LogP contribution in [0.1, 0.15) is 35.0 Å². The summed E-state index contributed by atoms with van der Waals surface area (Å²) in [4.78, 5) is 28.2. The van der Waals surface area contributed by atoms with Gasteiger partial charge < -0.3 is 19.8 Å². The summed E-state index contributed by atoms with van der Waals surface area (Å²) in [5.41, 5.74) is 3.33. The van der Waals surface area contributed by atoms with Crippen molar-refractivity contribution < 1.29 is 14.3 Å². The predicted octanol–water partition coefficient (Wildman–Crippen LogP) is 2.48. The lowest BCUT2D eigenvalue weighted by atomic mass is 10.2. The number of benzene rings is 1. The Morgan fingerprint density at radius 3 is 2.61 bits per heavy atom. The Bertz CT molecular complexity index is 963. The lowest BCUT2D eigenvalue weighted by Gasteiger charge is -2.07. The number of aryl methyl sites for hydroxylation is 1. The first kappa shape index (κ1) is 19.4. The molecule has 0 aliphatic carbocycles. The molecule has 3 aromatic rings. The molecule has 0 bridgehead atoms. The third kappa shape index (κ3) is 5.09. The molecule has 28 heavy (non-hydrogen) atoms. The van der Waals surface area contributed by atoms with E-state index in [2.05, 4.69) is 15.6 Å². The van der Waals surface area contributed by atoms with Gasteiger partial charge in [0, 0.05) is 24.5 Å². The van der Waals surface area contributed by atoms with Gasteiger partial charge in [0.15, 0.2) is 0 Å². The van der Waals surface area contributed by atoms with Gasteiger partial charge in [-0.2, -0.15) is 0 Å². The first-order valence-electron chi connectivity index (χ1n) is 9.27. The molecule has 0 aliphatic rings. The second-order valence-corrected chi connectivity index (χ2v) is 6.55. The maximum atomic E-state index is 12.1. The van der Waals surface area contributed by atoms with Crippen molar-refractivity contribution in [1.82, 2.24) is 20.0 Å². The van der Waals surface area contributed by atoms with Gasteiger partial charge in [0.1, 0.15) is 18.0 Å². The van der Waals surface area contributed by atoms with Crippen LogP contribution in [0.4, 0.5) is 0 Å². The van der Waals surface area contributed by atoms with E-state index in [1.165, 1.54) is 0 Å². The summed E-state index contributed by atoms with van der Waals surface area (Å²) in [5, 5.41) is 5.31. The number of imidazole rings is 1. The summed E-state index contributed by atoms with van der Waals surface area (Å²) in [6.45, 7) is 4.91. The Morgan fingerprint density at radius 2 is 1.86 bits per heavy atom. The minimum Gasteiger partial charge on any atom is -0.487 e. The van der Waals surface area contributed by atoms with Crippen molar-refractivity contribution in [3.8, 4) is 5.75 Å². The largest absolute Gasteiger partial charge is 0.487 e. The average molecular weight is 380 g/mol. The summed E-state index contributed by atoms with van der Waals surface area (Å²) >= 11 is 0. The minimum absolute atomic E-state index is 0.0373. The first-order chi connectivity index (χ1) is 13.5. The van der Waals surface area contributed by atoms with Gasteiger partial charge >= 0.3 is 0 Å². The zero-order valence-corrected chi connectivity index (χ0v) is 16.1. The topological polar surface area (TPSA) is 84.7 Å². The van der Waals surface area contributed by atoms with Crippen molar-refractivity contribution in [2.24, 2.45) is 0 Å². The van der Waals surface area contributed by atoms with Crippen LogP contribution in [-0.4, -0.2) is 34.3 Å². The Labute approximate surface area is 163 Å². The molecule has 0 spiro atoms. The van der Waals surface area contributed by atoms with Crippen LogP contribution >= 0.6 is 0 Å². The second kappa shape index (κ2) is 9.03. The number of pyridine rings is 1. The molecule has 7 heteroatoms. The van der Waals surface area contributed by atoms with Gasteiger partial charge in [-0.25, -0.2) is 4.98 Å². The molecule has 1 aromatic carbocycles. The number of carbonyl (C=O) groups excluding carboxylic acids is 2. The van der Waals surface area contributed by atoms with Crippen molar-refractivity contribution in [2.75, 3.05) is 13.1 Å². The maximum Gasteiger partial charge on any atom is 0.251 e. The molecular weight excluding hydrogens is 356 g/mol. The first-order valence-corrected chi connectivity index (χ1v) is 9.27. The summed E-state index contributed by atoms with van der Waals surface area (Å²) in [6.07, 6.45) is 4.81. The standard InChI is InChI=1S/C21H24N4O3/c1-3-10-22-20(26)11-23-21(27)16-5-7-18(8-6-16)28-14-17-13-25-12-15(2)4-9-19(25)24-17/h4-9,12-13H,3,10-11,14H2,1-2H3,(H,22,26)(H,23,27). The van der Waals surface area contributed by atoms with Gasteiger partial charge in [0.05, 0.1) is 12.2 Å². The van der Waals surface area contributed by atoms with Crippen molar-refractivity contribution in [3.63, 3.8) is 0 Å². The summed E-state index contributed by atoms with van der Waals surface area (Å²) in [5.74, 6) is 0.150. The number of nitrogens with one attached hydrogen (secondary N) is 2. The Morgan fingerprint density at radius 1 is 1.07 bits per heavy atom. The lowest BCUT2D eigenvalue weighted by molar-refractivity contribution is -0.120. The van der Waals surface area contributed by atoms with Crippen LogP contribution in [0.5, 0.6) is 5.75 Å². The molecule has 3 rings (SSSR count). The fraction of sp³-hybridized carbons (Fsp3) is 0.286. The molecule has 0 saturated heterocycles. The van der Waals surface area contributed by atoms with E-state index < -0.39 is 0 Å². The molecule has 2 amide bonds. The van der Waals surface area contributed by atoms with Gasteiger partial charge in [-0.15, -0.1) is 0 Å². The van der Waals surface area contributed by atoms with Crippen LogP contribution in [0, 0.1) is 6.92 Å². The van der Waals surface area contributed by atoms with Crippen molar-refractivity contribution in [3.05, 3.63) is 65.6 Å². The van der Waals surface area contributed by atoms with E-state index in [9.17, 15) is 9.59 Å². The number of aromatic nitrogens is 2. The Balaban J connectivity index is 1.52. The molecule has 7 nitrogen and oxygen atoms in total. The van der Waals surface area contributed by atoms with E-state index in [4.69, 9.17) is 4.74 Å². The van der Waals surface area contributed by atoms with Crippen LogP contribution < -0.4 is 15.4 Å². The fourth-order valence-corrected chi connectivity index (χ4v) is 2.67. The molecule has 2 aromatic heterocycles. The van der Waals surface area contributed by atoms with E-state index in [-0.39, 0.29) is 18.4 Å². The van der Waals surface area contributed by atoms with E-state index in [0.717, 1.165) is 23.3 Å². The highest BCUT2D eigenvalue weighted by molar-refractivity contribution is 5.96. The van der Waals surface area contributed by atoms with Gasteiger partial charge in [-0.1, -0.05) is 13.0 Å². The number of ether oxygens (including phenoxy) is 1. The van der Waals surface area contributed by atoms with Crippen LogP contribution in [0.15, 0.2) is 48.8 Å². The normalized spacial score (nSPS) is 10.6. The quantitative estimate of drug-likeness (QED) is 0.629. The van der Waals surface area contributed by atoms with Gasteiger partial charge in [-0.05, 0) is 49.2 Å². The average Bonchev–Trinajstić information content (AvgIpc) is 3.11. The summed E-state index contributed by atoms with van der Waals surface area (Å²) in [6, 6.07) is 10.8.